The highest BCUT2D eigenvalue weighted by Crippen LogP contribution is 2.24. The van der Waals surface area contributed by atoms with E-state index < -0.39 is 5.91 Å². The van der Waals surface area contributed by atoms with Crippen molar-refractivity contribution in [1.29, 1.82) is 5.26 Å². The number of carbonyl (C=O) groups is 1. The van der Waals surface area contributed by atoms with Gasteiger partial charge in [-0.3, -0.25) is 4.79 Å². The normalized spacial score (nSPS) is 11.0. The van der Waals surface area contributed by atoms with Crippen LogP contribution in [0.25, 0.3) is 6.08 Å². The van der Waals surface area contributed by atoms with Gasteiger partial charge in [0.25, 0.3) is 5.91 Å². The second-order valence-corrected chi connectivity index (χ2v) is 5.64. The summed E-state index contributed by atoms with van der Waals surface area (Å²) in [5.41, 5.74) is 2.58. The maximum atomic E-state index is 12.4. The molecule has 0 saturated carbocycles. The van der Waals surface area contributed by atoms with Crippen molar-refractivity contribution < 1.29 is 9.53 Å². The Kier molecular flexibility index (Phi) is 5.75. The molecular weight excluding hydrogens is 300 g/mol. The number of nitrogens with zero attached hydrogens (tertiary/aromatic N) is 1. The fraction of sp³-hybridized carbons (Fsp3) is 0.200. The molecule has 0 bridgehead atoms. The lowest BCUT2D eigenvalue weighted by molar-refractivity contribution is -0.112. The van der Waals surface area contributed by atoms with Crippen LogP contribution in [0.1, 0.15) is 30.9 Å². The molecule has 0 saturated heterocycles. The number of para-hydroxylation sites is 1. The van der Waals surface area contributed by atoms with Crippen LogP contribution in [0.4, 0.5) is 5.69 Å². The summed E-state index contributed by atoms with van der Waals surface area (Å²) >= 11 is 0. The lowest BCUT2D eigenvalue weighted by atomic mass is 10.0. The Bertz CT molecular complexity index is 784. The third-order valence-corrected chi connectivity index (χ3v) is 3.62. The van der Waals surface area contributed by atoms with Gasteiger partial charge < -0.3 is 10.1 Å². The quantitative estimate of drug-likeness (QED) is 0.657. The van der Waals surface area contributed by atoms with Crippen LogP contribution in [0.5, 0.6) is 5.75 Å². The van der Waals surface area contributed by atoms with Crippen LogP contribution in [0.3, 0.4) is 0 Å². The molecule has 0 aliphatic rings. The number of methoxy groups -OCH3 is 1. The van der Waals surface area contributed by atoms with Gasteiger partial charge in [0.1, 0.15) is 17.4 Å². The van der Waals surface area contributed by atoms with E-state index in [0.717, 1.165) is 22.6 Å². The van der Waals surface area contributed by atoms with Crippen molar-refractivity contribution in [3.05, 3.63) is 65.2 Å². The molecule has 0 unspecified atom stereocenters. The number of hydrogen-bond donors (Lipinski definition) is 1. The standard InChI is InChI=1S/C20H20N2O2/c1-14(2)18-6-4-5-7-19(18)22-20(23)16(13-21)12-15-8-10-17(24-3)11-9-15/h4-12,14H,1-3H3,(H,22,23)/b16-12+. The number of anilines is 1. The lowest BCUT2D eigenvalue weighted by Gasteiger charge is -2.13. The second-order valence-electron chi connectivity index (χ2n) is 5.64. The van der Waals surface area contributed by atoms with Crippen LogP contribution in [-0.2, 0) is 4.79 Å². The zero-order valence-electron chi connectivity index (χ0n) is 14.0. The van der Waals surface area contributed by atoms with Crippen molar-refractivity contribution in [2.75, 3.05) is 12.4 Å². The summed E-state index contributed by atoms with van der Waals surface area (Å²) in [6, 6.07) is 16.7. The second kappa shape index (κ2) is 7.98. The Labute approximate surface area is 142 Å². The molecule has 4 nitrogen and oxygen atoms in total. The Morgan fingerprint density at radius 1 is 1.17 bits per heavy atom. The number of nitrogens with one attached hydrogen (secondary N) is 1. The Morgan fingerprint density at radius 3 is 2.42 bits per heavy atom. The Hall–Kier alpha value is -3.06. The maximum Gasteiger partial charge on any atom is 0.266 e. The summed E-state index contributed by atoms with van der Waals surface area (Å²) in [7, 11) is 1.59. The van der Waals surface area contributed by atoms with E-state index in [-0.39, 0.29) is 11.5 Å². The number of rotatable bonds is 5. The topological polar surface area (TPSA) is 62.1 Å². The van der Waals surface area contributed by atoms with Crippen molar-refractivity contribution in [3.8, 4) is 11.8 Å². The van der Waals surface area contributed by atoms with Crippen molar-refractivity contribution in [2.45, 2.75) is 19.8 Å². The lowest BCUT2D eigenvalue weighted by Crippen LogP contribution is -2.15. The molecule has 122 valence electrons. The van der Waals surface area contributed by atoms with Crippen LogP contribution in [0.15, 0.2) is 54.1 Å². The minimum absolute atomic E-state index is 0.0544. The Balaban J connectivity index is 2.23. The van der Waals surface area contributed by atoms with Crippen LogP contribution < -0.4 is 10.1 Å². The van der Waals surface area contributed by atoms with E-state index in [2.05, 4.69) is 19.2 Å². The summed E-state index contributed by atoms with van der Waals surface area (Å²) in [6.07, 6.45) is 1.56. The van der Waals surface area contributed by atoms with Crippen molar-refractivity contribution in [1.82, 2.24) is 0 Å². The SMILES string of the molecule is COc1ccc(/C=C(\C#N)C(=O)Nc2ccccc2C(C)C)cc1. The van der Waals surface area contributed by atoms with Gasteiger partial charge in [0.2, 0.25) is 0 Å². The number of hydrogen-bond acceptors (Lipinski definition) is 3. The van der Waals surface area contributed by atoms with Crippen LogP contribution >= 0.6 is 0 Å². The fourth-order valence-corrected chi connectivity index (χ4v) is 2.32. The molecule has 0 fully saturated rings. The van der Waals surface area contributed by atoms with Gasteiger partial charge in [0.15, 0.2) is 0 Å². The summed E-state index contributed by atoms with van der Waals surface area (Å²) in [6.45, 7) is 4.12. The van der Waals surface area contributed by atoms with Gasteiger partial charge in [0.05, 0.1) is 7.11 Å². The average molecular weight is 320 g/mol. The molecule has 0 atom stereocenters. The number of carbonyl (C=O) groups excluding carboxylic acids is 1. The first-order chi connectivity index (χ1) is 11.5. The molecule has 1 N–H and O–H groups in total. The van der Waals surface area contributed by atoms with E-state index in [0.29, 0.717) is 0 Å². The average Bonchev–Trinajstić information content (AvgIpc) is 2.60. The van der Waals surface area contributed by atoms with Gasteiger partial charge in [-0.2, -0.15) is 5.26 Å². The summed E-state index contributed by atoms with van der Waals surface area (Å²) in [5, 5.41) is 12.1. The third-order valence-electron chi connectivity index (χ3n) is 3.62. The summed E-state index contributed by atoms with van der Waals surface area (Å²) in [5.74, 6) is 0.583. The smallest absolute Gasteiger partial charge is 0.266 e. The molecule has 0 spiro atoms. The van der Waals surface area contributed by atoms with Gasteiger partial charge in [-0.1, -0.05) is 44.2 Å². The first kappa shape index (κ1) is 17.3. The number of ether oxygens (including phenoxy) is 1. The molecule has 2 aromatic rings. The molecule has 24 heavy (non-hydrogen) atoms. The van der Waals surface area contributed by atoms with E-state index in [1.807, 2.05) is 30.3 Å². The van der Waals surface area contributed by atoms with Crippen LogP contribution in [-0.4, -0.2) is 13.0 Å². The minimum atomic E-state index is -0.415. The molecule has 0 aliphatic carbocycles. The van der Waals surface area contributed by atoms with Crippen molar-refractivity contribution >= 4 is 17.7 Å². The third kappa shape index (κ3) is 4.23. The molecule has 2 rings (SSSR count). The Morgan fingerprint density at radius 2 is 1.83 bits per heavy atom. The van der Waals surface area contributed by atoms with Crippen molar-refractivity contribution in [3.63, 3.8) is 0 Å². The highest BCUT2D eigenvalue weighted by molar-refractivity contribution is 6.10. The van der Waals surface area contributed by atoms with Gasteiger partial charge in [-0.15, -0.1) is 0 Å². The number of amides is 1. The fourth-order valence-electron chi connectivity index (χ4n) is 2.32. The highest BCUT2D eigenvalue weighted by Gasteiger charge is 2.13. The summed E-state index contributed by atoms with van der Waals surface area (Å²) < 4.78 is 5.10. The van der Waals surface area contributed by atoms with Crippen LogP contribution in [0.2, 0.25) is 0 Å². The molecule has 0 heterocycles. The first-order valence-corrected chi connectivity index (χ1v) is 7.71. The van der Waals surface area contributed by atoms with E-state index >= 15 is 0 Å². The van der Waals surface area contributed by atoms with E-state index in [9.17, 15) is 10.1 Å². The van der Waals surface area contributed by atoms with Crippen LogP contribution in [0, 0.1) is 11.3 Å². The molecule has 2 aromatic carbocycles. The van der Waals surface area contributed by atoms with Gasteiger partial charge in [-0.05, 0) is 41.3 Å². The highest BCUT2D eigenvalue weighted by atomic mass is 16.5. The first-order valence-electron chi connectivity index (χ1n) is 7.71. The van der Waals surface area contributed by atoms with Gasteiger partial charge >= 0.3 is 0 Å². The van der Waals surface area contributed by atoms with Gasteiger partial charge in [0, 0.05) is 5.69 Å². The molecule has 0 aromatic heterocycles. The molecular formula is C20H20N2O2. The van der Waals surface area contributed by atoms with Crippen molar-refractivity contribution in [2.24, 2.45) is 0 Å². The molecule has 4 heteroatoms. The van der Waals surface area contributed by atoms with E-state index in [1.54, 1.807) is 37.5 Å². The zero-order chi connectivity index (χ0) is 17.5. The zero-order valence-corrected chi connectivity index (χ0v) is 14.0. The summed E-state index contributed by atoms with van der Waals surface area (Å²) in [4.78, 5) is 12.4. The minimum Gasteiger partial charge on any atom is -0.497 e. The predicted octanol–water partition coefficient (Wildman–Crippen LogP) is 4.36. The predicted molar refractivity (Wildman–Crippen MR) is 95.7 cm³/mol. The van der Waals surface area contributed by atoms with E-state index in [4.69, 9.17) is 4.74 Å². The molecule has 0 radical (unpaired) electrons. The molecule has 1 amide bonds. The number of benzene rings is 2. The van der Waals surface area contributed by atoms with Gasteiger partial charge in [-0.25, -0.2) is 0 Å². The monoisotopic (exact) mass is 320 g/mol. The molecule has 0 aliphatic heterocycles. The van der Waals surface area contributed by atoms with E-state index in [1.165, 1.54) is 0 Å². The number of nitriles is 1. The largest absolute Gasteiger partial charge is 0.497 e. The maximum absolute atomic E-state index is 12.4.